The van der Waals surface area contributed by atoms with E-state index in [2.05, 4.69) is 36.9 Å². The zero-order chi connectivity index (χ0) is 10.7. The molecule has 1 aromatic carbocycles. The number of thioether (sulfide) groups is 1. The van der Waals surface area contributed by atoms with Crippen LogP contribution < -0.4 is 5.73 Å². The predicted octanol–water partition coefficient (Wildman–Crippen LogP) is 3.49. The summed E-state index contributed by atoms with van der Waals surface area (Å²) >= 11 is 2.06. The van der Waals surface area contributed by atoms with Crippen LogP contribution in [0.4, 0.5) is 0 Å². The highest BCUT2D eigenvalue weighted by atomic mass is 32.2. The van der Waals surface area contributed by atoms with E-state index in [9.17, 15) is 0 Å². The summed E-state index contributed by atoms with van der Waals surface area (Å²) in [5.41, 5.74) is 8.25. The van der Waals surface area contributed by atoms with Crippen LogP contribution in [0.3, 0.4) is 0 Å². The van der Waals surface area contributed by atoms with Gasteiger partial charge in [-0.1, -0.05) is 25.0 Å². The molecule has 15 heavy (non-hydrogen) atoms. The van der Waals surface area contributed by atoms with Crippen molar-refractivity contribution in [1.82, 2.24) is 0 Å². The molecule has 82 valence electrons. The molecule has 1 aliphatic carbocycles. The fourth-order valence-electron chi connectivity index (χ4n) is 2.16. The van der Waals surface area contributed by atoms with Crippen molar-refractivity contribution in [3.05, 3.63) is 29.3 Å². The highest BCUT2D eigenvalue weighted by Gasteiger charge is 2.16. The molecule has 2 rings (SSSR count). The molecule has 0 amide bonds. The number of aryl methyl sites for hydroxylation is 1. The van der Waals surface area contributed by atoms with Gasteiger partial charge < -0.3 is 5.73 Å². The molecular formula is C13H19NS. The Morgan fingerprint density at radius 1 is 1.33 bits per heavy atom. The summed E-state index contributed by atoms with van der Waals surface area (Å²) in [5.74, 6) is 0. The van der Waals surface area contributed by atoms with Crippen LogP contribution in [0.2, 0.25) is 0 Å². The summed E-state index contributed by atoms with van der Waals surface area (Å²) in [6.07, 6.45) is 5.61. The van der Waals surface area contributed by atoms with Crippen LogP contribution in [-0.2, 0) is 6.54 Å². The van der Waals surface area contributed by atoms with Gasteiger partial charge in [-0.05, 0) is 37.0 Å². The largest absolute Gasteiger partial charge is 0.326 e. The zero-order valence-corrected chi connectivity index (χ0v) is 10.1. The van der Waals surface area contributed by atoms with Gasteiger partial charge in [0.2, 0.25) is 0 Å². The van der Waals surface area contributed by atoms with Crippen molar-refractivity contribution in [2.75, 3.05) is 0 Å². The predicted molar refractivity (Wildman–Crippen MR) is 67.2 cm³/mol. The molecule has 1 fully saturated rings. The minimum atomic E-state index is 0.648. The quantitative estimate of drug-likeness (QED) is 0.845. The van der Waals surface area contributed by atoms with Crippen molar-refractivity contribution < 1.29 is 0 Å². The van der Waals surface area contributed by atoms with Gasteiger partial charge in [-0.3, -0.25) is 0 Å². The van der Waals surface area contributed by atoms with Gasteiger partial charge in [0.05, 0.1) is 0 Å². The highest BCUT2D eigenvalue weighted by molar-refractivity contribution is 8.00. The van der Waals surface area contributed by atoms with Crippen LogP contribution in [0.5, 0.6) is 0 Å². The lowest BCUT2D eigenvalue weighted by atomic mass is 10.1. The number of nitrogens with two attached hydrogens (primary N) is 1. The van der Waals surface area contributed by atoms with Gasteiger partial charge in [-0.15, -0.1) is 11.8 Å². The lowest BCUT2D eigenvalue weighted by molar-refractivity contribution is 0.886. The molecule has 0 bridgehead atoms. The first-order chi connectivity index (χ1) is 7.29. The summed E-state index contributed by atoms with van der Waals surface area (Å²) in [6.45, 7) is 2.84. The average molecular weight is 221 g/mol. The highest BCUT2D eigenvalue weighted by Crippen LogP contribution is 2.36. The van der Waals surface area contributed by atoms with Crippen molar-refractivity contribution in [3.8, 4) is 0 Å². The van der Waals surface area contributed by atoms with Crippen LogP contribution in [0.25, 0.3) is 0 Å². The van der Waals surface area contributed by atoms with Crippen LogP contribution in [0, 0.1) is 6.92 Å². The van der Waals surface area contributed by atoms with Crippen molar-refractivity contribution in [2.45, 2.75) is 49.3 Å². The van der Waals surface area contributed by atoms with E-state index >= 15 is 0 Å². The zero-order valence-electron chi connectivity index (χ0n) is 9.33. The summed E-state index contributed by atoms with van der Waals surface area (Å²) < 4.78 is 0. The molecule has 0 radical (unpaired) electrons. The minimum Gasteiger partial charge on any atom is -0.326 e. The molecule has 1 saturated carbocycles. The molecule has 1 aliphatic rings. The number of hydrogen-bond donors (Lipinski definition) is 1. The van der Waals surface area contributed by atoms with Gasteiger partial charge >= 0.3 is 0 Å². The summed E-state index contributed by atoms with van der Waals surface area (Å²) in [6, 6.07) is 6.61. The normalized spacial score (nSPS) is 17.2. The molecule has 0 aliphatic heterocycles. The van der Waals surface area contributed by atoms with E-state index < -0.39 is 0 Å². The minimum absolute atomic E-state index is 0.648. The average Bonchev–Trinajstić information content (AvgIpc) is 2.74. The Kier molecular flexibility index (Phi) is 3.71. The Bertz CT molecular complexity index is 329. The summed E-state index contributed by atoms with van der Waals surface area (Å²) in [7, 11) is 0. The van der Waals surface area contributed by atoms with Gasteiger partial charge in [-0.25, -0.2) is 0 Å². The molecule has 0 aromatic heterocycles. The fraction of sp³-hybridized carbons (Fsp3) is 0.538. The second-order valence-corrected chi connectivity index (χ2v) is 5.67. The lowest BCUT2D eigenvalue weighted by Gasteiger charge is -2.11. The van der Waals surface area contributed by atoms with E-state index in [0.717, 1.165) is 5.25 Å². The van der Waals surface area contributed by atoms with Gasteiger partial charge in [0, 0.05) is 16.7 Å². The molecule has 0 atom stereocenters. The number of benzene rings is 1. The SMILES string of the molecule is Cc1cc(CN)ccc1SC1CCCC1. The number of hydrogen-bond acceptors (Lipinski definition) is 2. The maximum Gasteiger partial charge on any atom is 0.0178 e. The Morgan fingerprint density at radius 3 is 2.67 bits per heavy atom. The molecule has 2 heteroatoms. The topological polar surface area (TPSA) is 26.0 Å². The van der Waals surface area contributed by atoms with Crippen LogP contribution in [0.1, 0.15) is 36.8 Å². The smallest absolute Gasteiger partial charge is 0.0178 e. The molecule has 0 unspecified atom stereocenters. The van der Waals surface area contributed by atoms with E-state index in [1.54, 1.807) is 0 Å². The Labute approximate surface area is 96.4 Å². The van der Waals surface area contributed by atoms with Crippen molar-refractivity contribution in [1.29, 1.82) is 0 Å². The van der Waals surface area contributed by atoms with E-state index in [1.807, 2.05) is 0 Å². The number of rotatable bonds is 3. The van der Waals surface area contributed by atoms with Crippen LogP contribution >= 0.6 is 11.8 Å². The molecule has 1 nitrogen and oxygen atoms in total. The second kappa shape index (κ2) is 5.04. The van der Waals surface area contributed by atoms with E-state index in [1.165, 1.54) is 41.7 Å². The summed E-state index contributed by atoms with van der Waals surface area (Å²) in [5, 5.41) is 0.854. The van der Waals surface area contributed by atoms with Gasteiger partial charge in [-0.2, -0.15) is 0 Å². The molecule has 2 N–H and O–H groups in total. The standard InChI is InChI=1S/C13H19NS/c1-10-8-11(9-14)6-7-13(10)15-12-4-2-3-5-12/h6-8,12H,2-5,9,14H2,1H3. The van der Waals surface area contributed by atoms with E-state index in [4.69, 9.17) is 5.73 Å². The monoisotopic (exact) mass is 221 g/mol. The van der Waals surface area contributed by atoms with Crippen molar-refractivity contribution in [2.24, 2.45) is 5.73 Å². The molecule has 0 saturated heterocycles. The Hall–Kier alpha value is -0.470. The first-order valence-corrected chi connectivity index (χ1v) is 6.64. The van der Waals surface area contributed by atoms with Crippen LogP contribution in [0.15, 0.2) is 23.1 Å². The molecular weight excluding hydrogens is 202 g/mol. The lowest BCUT2D eigenvalue weighted by Crippen LogP contribution is -1.98. The maximum atomic E-state index is 5.63. The molecule has 0 heterocycles. The van der Waals surface area contributed by atoms with Crippen LogP contribution in [-0.4, -0.2) is 5.25 Å². The van der Waals surface area contributed by atoms with Crippen molar-refractivity contribution in [3.63, 3.8) is 0 Å². The van der Waals surface area contributed by atoms with Gasteiger partial charge in [0.25, 0.3) is 0 Å². The summed E-state index contributed by atoms with van der Waals surface area (Å²) in [4.78, 5) is 1.44. The third-order valence-corrected chi connectivity index (χ3v) is 4.59. The van der Waals surface area contributed by atoms with E-state index in [-0.39, 0.29) is 0 Å². The van der Waals surface area contributed by atoms with Crippen molar-refractivity contribution >= 4 is 11.8 Å². The second-order valence-electron chi connectivity index (χ2n) is 4.33. The third-order valence-electron chi connectivity index (χ3n) is 3.07. The molecule has 0 spiro atoms. The van der Waals surface area contributed by atoms with Gasteiger partial charge in [0.15, 0.2) is 0 Å². The first kappa shape index (κ1) is 11.0. The molecule has 1 aromatic rings. The van der Waals surface area contributed by atoms with E-state index in [0.29, 0.717) is 6.54 Å². The van der Waals surface area contributed by atoms with Gasteiger partial charge in [0.1, 0.15) is 0 Å². The maximum absolute atomic E-state index is 5.63. The first-order valence-electron chi connectivity index (χ1n) is 5.76. The third kappa shape index (κ3) is 2.76. The fourth-order valence-corrected chi connectivity index (χ4v) is 3.48. The Balaban J connectivity index is 2.07. The Morgan fingerprint density at radius 2 is 2.07 bits per heavy atom.